The Labute approximate surface area is 189 Å². The fourth-order valence-corrected chi connectivity index (χ4v) is 4.78. The maximum absolute atomic E-state index is 13.3. The lowest BCUT2D eigenvalue weighted by atomic mass is 9.91. The largest absolute Gasteiger partial charge is 0.362 e. The number of rotatable bonds is 5. The Morgan fingerprint density at radius 3 is 2.55 bits per heavy atom. The van der Waals surface area contributed by atoms with Crippen molar-refractivity contribution < 1.29 is 4.39 Å². The molecule has 2 aliphatic carbocycles. The summed E-state index contributed by atoms with van der Waals surface area (Å²) in [5, 5.41) is 10.6. The molecule has 1 fully saturated rings. The van der Waals surface area contributed by atoms with E-state index in [0.717, 1.165) is 50.3 Å². The highest BCUT2D eigenvalue weighted by atomic mass is 32.1. The Kier molecular flexibility index (Phi) is 6.85. The summed E-state index contributed by atoms with van der Waals surface area (Å²) in [6, 6.07) is 7.01. The molecule has 1 aromatic carbocycles. The van der Waals surface area contributed by atoms with Gasteiger partial charge in [-0.2, -0.15) is 4.98 Å². The maximum Gasteiger partial charge on any atom is 0.225 e. The molecule has 0 unspecified atom stereocenters. The van der Waals surface area contributed by atoms with E-state index >= 15 is 0 Å². The highest BCUT2D eigenvalue weighted by Gasteiger charge is 2.24. The summed E-state index contributed by atoms with van der Waals surface area (Å²) in [6.45, 7) is 0. The van der Waals surface area contributed by atoms with E-state index in [-0.39, 0.29) is 5.82 Å². The zero-order chi connectivity index (χ0) is 21.8. The highest BCUT2D eigenvalue weighted by molar-refractivity contribution is 7.80. The third-order valence-electron chi connectivity index (χ3n) is 6.06. The molecule has 0 saturated heterocycles. The van der Waals surface area contributed by atoms with Crippen molar-refractivity contribution in [2.75, 3.05) is 29.6 Å². The number of halogens is 1. The van der Waals surface area contributed by atoms with E-state index in [0.29, 0.717) is 22.9 Å². The van der Waals surface area contributed by atoms with E-state index in [1.54, 1.807) is 12.1 Å². The van der Waals surface area contributed by atoms with Crippen LogP contribution in [0.25, 0.3) is 0 Å². The van der Waals surface area contributed by atoms with Gasteiger partial charge in [0.25, 0.3) is 0 Å². The van der Waals surface area contributed by atoms with Crippen molar-refractivity contribution in [1.29, 1.82) is 0 Å². The molecule has 2 aliphatic rings. The zero-order valence-corrected chi connectivity index (χ0v) is 19.1. The van der Waals surface area contributed by atoms with Gasteiger partial charge in [-0.1, -0.05) is 6.07 Å². The third kappa shape index (κ3) is 5.61. The molecule has 166 valence electrons. The topological polar surface area (TPSA) is 65.1 Å². The number of nitrogens with one attached hydrogen (secondary N) is 3. The number of aryl methyl sites for hydroxylation is 1. The molecular formula is C23H31FN6S. The second kappa shape index (κ2) is 9.77. The van der Waals surface area contributed by atoms with Crippen LogP contribution in [0.15, 0.2) is 24.3 Å². The average Bonchev–Trinajstić information content (AvgIpc) is 2.74. The lowest BCUT2D eigenvalue weighted by Gasteiger charge is -2.31. The van der Waals surface area contributed by atoms with E-state index in [1.165, 1.54) is 36.2 Å². The van der Waals surface area contributed by atoms with E-state index in [4.69, 9.17) is 22.2 Å². The minimum absolute atomic E-state index is 0.277. The lowest BCUT2D eigenvalue weighted by molar-refractivity contribution is 0.387. The number of nitrogens with zero attached hydrogens (tertiary/aromatic N) is 3. The molecule has 31 heavy (non-hydrogen) atoms. The number of fused-ring (bicyclic) bond motifs is 1. The first-order chi connectivity index (χ1) is 15.0. The van der Waals surface area contributed by atoms with E-state index in [9.17, 15) is 4.39 Å². The first kappa shape index (κ1) is 21.7. The van der Waals surface area contributed by atoms with Gasteiger partial charge in [-0.05, 0) is 81.8 Å². The van der Waals surface area contributed by atoms with Crippen LogP contribution < -0.4 is 20.9 Å². The molecule has 0 amide bonds. The molecule has 6 nitrogen and oxygen atoms in total. The summed E-state index contributed by atoms with van der Waals surface area (Å²) in [5.74, 6) is 1.53. The van der Waals surface area contributed by atoms with Crippen LogP contribution in [0.3, 0.4) is 0 Å². The molecule has 1 aromatic heterocycles. The fourth-order valence-electron chi connectivity index (χ4n) is 4.49. The van der Waals surface area contributed by atoms with Crippen LogP contribution in [-0.4, -0.2) is 41.3 Å². The molecule has 1 saturated carbocycles. The molecule has 4 rings (SSSR count). The van der Waals surface area contributed by atoms with E-state index < -0.39 is 0 Å². The summed E-state index contributed by atoms with van der Waals surface area (Å²) >= 11 is 5.41. The quantitative estimate of drug-likeness (QED) is 0.598. The first-order valence-corrected chi connectivity index (χ1v) is 11.6. The molecule has 0 radical (unpaired) electrons. The molecule has 3 N–H and O–H groups in total. The number of anilines is 3. The van der Waals surface area contributed by atoms with Gasteiger partial charge in [0.05, 0.1) is 5.69 Å². The predicted octanol–water partition coefficient (Wildman–Crippen LogP) is 4.27. The number of hydrogen-bond acceptors (Lipinski definition) is 5. The van der Waals surface area contributed by atoms with E-state index in [2.05, 4.69) is 34.9 Å². The van der Waals surface area contributed by atoms with Gasteiger partial charge in [0.1, 0.15) is 11.6 Å². The molecule has 2 aromatic rings. The van der Waals surface area contributed by atoms with Crippen LogP contribution in [-0.2, 0) is 12.8 Å². The molecule has 0 spiro atoms. The Balaban J connectivity index is 1.30. The van der Waals surface area contributed by atoms with Crippen molar-refractivity contribution in [1.82, 2.24) is 15.3 Å². The van der Waals surface area contributed by atoms with Gasteiger partial charge in [0.2, 0.25) is 5.95 Å². The molecule has 0 bridgehead atoms. The summed E-state index contributed by atoms with van der Waals surface area (Å²) in [7, 11) is 4.11. The van der Waals surface area contributed by atoms with Gasteiger partial charge in [-0.25, -0.2) is 9.37 Å². The van der Waals surface area contributed by atoms with Crippen molar-refractivity contribution in [3.05, 3.63) is 41.3 Å². The van der Waals surface area contributed by atoms with Crippen LogP contribution in [0.5, 0.6) is 0 Å². The normalized spacial score (nSPS) is 20.5. The second-order valence-electron chi connectivity index (χ2n) is 8.70. The second-order valence-corrected chi connectivity index (χ2v) is 9.11. The SMILES string of the molecule is CN(C)c1nc(NC2CCC(NC(=S)Nc3cccc(F)c3)CC2)nc2c1CCCC2. The number of aromatic nitrogens is 2. The van der Waals surface area contributed by atoms with Gasteiger partial charge in [0, 0.05) is 37.4 Å². The molecular weight excluding hydrogens is 411 g/mol. The van der Waals surface area contributed by atoms with Crippen LogP contribution >= 0.6 is 12.2 Å². The van der Waals surface area contributed by atoms with E-state index in [1.807, 2.05) is 0 Å². The van der Waals surface area contributed by atoms with Crippen molar-refractivity contribution in [3.8, 4) is 0 Å². The molecule has 1 heterocycles. The van der Waals surface area contributed by atoms with Crippen LogP contribution in [0.2, 0.25) is 0 Å². The summed E-state index contributed by atoms with van der Waals surface area (Å²) in [4.78, 5) is 11.8. The molecule has 0 atom stereocenters. The van der Waals surface area contributed by atoms with Gasteiger partial charge in [0.15, 0.2) is 5.11 Å². The number of thiocarbonyl (C=S) groups is 1. The fraction of sp³-hybridized carbons (Fsp3) is 0.522. The number of hydrogen-bond donors (Lipinski definition) is 3. The Morgan fingerprint density at radius 2 is 1.81 bits per heavy atom. The average molecular weight is 443 g/mol. The molecule has 8 heteroatoms. The molecule has 0 aliphatic heterocycles. The van der Waals surface area contributed by atoms with Gasteiger partial charge in [-0.15, -0.1) is 0 Å². The van der Waals surface area contributed by atoms with Crippen LogP contribution in [0.4, 0.5) is 21.8 Å². The number of benzene rings is 1. The smallest absolute Gasteiger partial charge is 0.225 e. The maximum atomic E-state index is 13.3. The summed E-state index contributed by atoms with van der Waals surface area (Å²) < 4.78 is 13.3. The zero-order valence-electron chi connectivity index (χ0n) is 18.2. The van der Waals surface area contributed by atoms with Crippen molar-refractivity contribution in [2.24, 2.45) is 0 Å². The summed E-state index contributed by atoms with van der Waals surface area (Å²) in [5.41, 5.74) is 3.18. The van der Waals surface area contributed by atoms with Crippen molar-refractivity contribution >= 4 is 34.8 Å². The van der Waals surface area contributed by atoms with Gasteiger partial charge >= 0.3 is 0 Å². The van der Waals surface area contributed by atoms with Gasteiger partial charge in [-0.3, -0.25) is 0 Å². The minimum Gasteiger partial charge on any atom is -0.362 e. The highest BCUT2D eigenvalue weighted by Crippen LogP contribution is 2.29. The Hall–Kier alpha value is -2.48. The predicted molar refractivity (Wildman–Crippen MR) is 128 cm³/mol. The standard InChI is InChI=1S/C23H31FN6S/c1-30(2)21-19-8-3-4-9-20(19)28-22(29-21)25-16-10-12-17(13-11-16)26-23(31)27-18-7-5-6-15(24)14-18/h5-7,14,16-17H,3-4,8-13H2,1-2H3,(H,25,28,29)(H2,26,27,31). The van der Waals surface area contributed by atoms with Crippen molar-refractivity contribution in [3.63, 3.8) is 0 Å². The first-order valence-electron chi connectivity index (χ1n) is 11.1. The monoisotopic (exact) mass is 442 g/mol. The van der Waals surface area contributed by atoms with Crippen LogP contribution in [0, 0.1) is 5.82 Å². The summed E-state index contributed by atoms with van der Waals surface area (Å²) in [6.07, 6.45) is 8.61. The lowest BCUT2D eigenvalue weighted by Crippen LogP contribution is -2.42. The minimum atomic E-state index is -0.277. The Bertz CT molecular complexity index is 926. The van der Waals surface area contributed by atoms with Crippen LogP contribution in [0.1, 0.15) is 49.8 Å². The Morgan fingerprint density at radius 1 is 1.06 bits per heavy atom. The third-order valence-corrected chi connectivity index (χ3v) is 6.28. The van der Waals surface area contributed by atoms with Crippen molar-refractivity contribution in [2.45, 2.75) is 63.5 Å². The van der Waals surface area contributed by atoms with Gasteiger partial charge < -0.3 is 20.9 Å².